The van der Waals surface area contributed by atoms with Crippen molar-refractivity contribution in [3.63, 3.8) is 0 Å². The minimum absolute atomic E-state index is 0.0387. The van der Waals surface area contributed by atoms with Crippen molar-refractivity contribution in [3.05, 3.63) is 64.4 Å². The summed E-state index contributed by atoms with van der Waals surface area (Å²) in [5.41, 5.74) is 1.60. The number of likely N-dealkylation sites (tertiary alicyclic amines) is 1. The summed E-state index contributed by atoms with van der Waals surface area (Å²) in [4.78, 5) is 71.8. The first-order valence-corrected chi connectivity index (χ1v) is 21.6. The Kier molecular flexibility index (Phi) is 12.4. The molecule has 56 heavy (non-hydrogen) atoms. The van der Waals surface area contributed by atoms with E-state index in [1.54, 1.807) is 16.3 Å². The van der Waals surface area contributed by atoms with Gasteiger partial charge in [-0.2, -0.15) is 4.31 Å². The first kappa shape index (κ1) is 41.1. The third-order valence-electron chi connectivity index (χ3n) is 11.8. The van der Waals surface area contributed by atoms with Crippen LogP contribution in [0.1, 0.15) is 68.9 Å². The van der Waals surface area contributed by atoms with Crippen LogP contribution in [0.15, 0.2) is 53.3 Å². The lowest BCUT2D eigenvalue weighted by Crippen LogP contribution is -2.61. The predicted molar refractivity (Wildman–Crippen MR) is 212 cm³/mol. The molecule has 1 saturated heterocycles. The van der Waals surface area contributed by atoms with Crippen LogP contribution >= 0.6 is 11.3 Å². The van der Waals surface area contributed by atoms with Gasteiger partial charge in [0.25, 0.3) is 5.91 Å². The molecule has 3 heterocycles. The van der Waals surface area contributed by atoms with Crippen LogP contribution in [0.5, 0.6) is 0 Å². The zero-order chi connectivity index (χ0) is 40.4. The van der Waals surface area contributed by atoms with Gasteiger partial charge >= 0.3 is 6.03 Å². The predicted octanol–water partition coefficient (Wildman–Crippen LogP) is 3.15. The van der Waals surface area contributed by atoms with E-state index in [0.717, 1.165) is 28.8 Å². The first-order valence-electron chi connectivity index (χ1n) is 19.3. The van der Waals surface area contributed by atoms with Gasteiger partial charge in [0.05, 0.1) is 10.9 Å². The number of urea groups is 1. The summed E-state index contributed by atoms with van der Waals surface area (Å²) in [6.45, 7) is 9.97. The smallest absolute Gasteiger partial charge is 0.315 e. The Morgan fingerprint density at radius 3 is 2.41 bits per heavy atom. The molecule has 1 unspecified atom stereocenters. The zero-order valence-electron chi connectivity index (χ0n) is 32.2. The molecule has 0 radical (unpaired) electrons. The third-order valence-corrected chi connectivity index (χ3v) is 14.7. The van der Waals surface area contributed by atoms with E-state index in [4.69, 9.17) is 6.42 Å². The van der Waals surface area contributed by atoms with Crippen LogP contribution in [0.4, 0.5) is 4.79 Å². The van der Waals surface area contributed by atoms with E-state index in [9.17, 15) is 32.4 Å². The molecule has 2 fully saturated rings. The Labute approximate surface area is 333 Å². The Bertz CT molecular complexity index is 1990. The Morgan fingerprint density at radius 1 is 1.05 bits per heavy atom. The second-order valence-electron chi connectivity index (χ2n) is 16.4. The average Bonchev–Trinajstić information content (AvgIpc) is 3.98. The summed E-state index contributed by atoms with van der Waals surface area (Å²) in [6.07, 6.45) is 10.6. The fraction of sp³-hybridized carbons (Fsp3) is 0.537. The lowest BCUT2D eigenvalue weighted by molar-refractivity contribution is -0.144. The number of rotatable bonds is 14. The molecular formula is C41H52N6O7S2. The Balaban J connectivity index is 1.24. The van der Waals surface area contributed by atoms with Gasteiger partial charge in [-0.25, -0.2) is 13.2 Å². The maximum atomic E-state index is 15.0. The van der Waals surface area contributed by atoms with Crippen molar-refractivity contribution in [2.75, 3.05) is 19.6 Å². The number of amides is 5. The second kappa shape index (κ2) is 16.9. The molecule has 5 amide bonds. The van der Waals surface area contributed by atoms with Crippen LogP contribution in [0.2, 0.25) is 0 Å². The van der Waals surface area contributed by atoms with Crippen LogP contribution in [0, 0.1) is 35.5 Å². The molecule has 4 N–H and O–H groups in total. The van der Waals surface area contributed by atoms with Crippen LogP contribution in [-0.4, -0.2) is 91.0 Å². The van der Waals surface area contributed by atoms with Crippen LogP contribution in [0.25, 0.3) is 0 Å². The van der Waals surface area contributed by atoms with Gasteiger partial charge in [-0.3, -0.25) is 19.2 Å². The van der Waals surface area contributed by atoms with Gasteiger partial charge in [0.1, 0.15) is 12.1 Å². The number of sulfonamides is 1. The van der Waals surface area contributed by atoms with E-state index in [-0.39, 0.29) is 50.2 Å². The summed E-state index contributed by atoms with van der Waals surface area (Å²) in [5.74, 6) is -0.603. The molecule has 2 aliphatic carbocycles. The normalized spacial score (nSPS) is 22.8. The minimum Gasteiger partial charge on any atom is -0.346 e. The molecule has 6 rings (SSSR count). The van der Waals surface area contributed by atoms with Gasteiger partial charge in [-0.15, -0.1) is 30.3 Å². The second-order valence-corrected chi connectivity index (χ2v) is 19.3. The maximum absolute atomic E-state index is 15.0. The Hall–Kier alpha value is -4.52. The molecule has 6 atom stereocenters. The number of hydrogen-bond acceptors (Lipinski definition) is 8. The zero-order valence-corrected chi connectivity index (χ0v) is 33.8. The summed E-state index contributed by atoms with van der Waals surface area (Å²) in [6, 6.07) is 5.14. The molecule has 2 aromatic rings. The van der Waals surface area contributed by atoms with Crippen molar-refractivity contribution in [2.45, 2.75) is 101 Å². The van der Waals surface area contributed by atoms with Gasteiger partial charge in [0, 0.05) is 43.5 Å². The largest absolute Gasteiger partial charge is 0.346 e. The highest BCUT2D eigenvalue weighted by molar-refractivity contribution is 7.89. The molecule has 1 saturated carbocycles. The first-order chi connectivity index (χ1) is 26.6. The van der Waals surface area contributed by atoms with Gasteiger partial charge < -0.3 is 26.2 Å². The van der Waals surface area contributed by atoms with E-state index in [0.29, 0.717) is 30.7 Å². The number of terminal acetylenes is 1. The summed E-state index contributed by atoms with van der Waals surface area (Å²) in [5, 5.41) is 13.0. The van der Waals surface area contributed by atoms with Gasteiger partial charge in [0.2, 0.25) is 27.6 Å². The third kappa shape index (κ3) is 8.57. The number of benzene rings is 1. The number of nitrogens with one attached hydrogen (secondary N) is 4. The number of hydrogen-bond donors (Lipinski definition) is 4. The molecule has 15 heteroatoms. The van der Waals surface area contributed by atoms with Gasteiger partial charge in [0.15, 0.2) is 0 Å². The number of thiophene rings is 1. The molecule has 0 bridgehead atoms. The molecule has 4 aliphatic rings. The van der Waals surface area contributed by atoms with Crippen molar-refractivity contribution in [3.8, 4) is 12.3 Å². The minimum atomic E-state index is -3.72. The van der Waals surface area contributed by atoms with E-state index < -0.39 is 69.1 Å². The molecule has 300 valence electrons. The van der Waals surface area contributed by atoms with Crippen molar-refractivity contribution in [1.29, 1.82) is 0 Å². The summed E-state index contributed by atoms with van der Waals surface area (Å²) < 4.78 is 28.1. The lowest BCUT2D eigenvalue weighted by Gasteiger charge is -2.36. The fourth-order valence-electron chi connectivity index (χ4n) is 8.72. The van der Waals surface area contributed by atoms with Crippen molar-refractivity contribution in [1.82, 2.24) is 30.5 Å². The lowest BCUT2D eigenvalue weighted by atomic mass is 9.86. The SMILES string of the molecule is C#CCCC(NC(=O)[C@@H]1[C@H]2CCC[C@H]2CN1C(=O)[C@@H](NC(=O)N[C@H](CN1Cc2sccc2S1(=O)=O)C(C)(C)C)C1Cc2ccccc2C1)C(=O)C(=O)NCC=C. The quantitative estimate of drug-likeness (QED) is 0.129. The number of fused-ring (bicyclic) bond motifs is 3. The highest BCUT2D eigenvalue weighted by Crippen LogP contribution is 2.43. The van der Waals surface area contributed by atoms with E-state index in [2.05, 4.69) is 33.8 Å². The van der Waals surface area contributed by atoms with Crippen molar-refractivity contribution in [2.24, 2.45) is 23.2 Å². The van der Waals surface area contributed by atoms with Crippen molar-refractivity contribution >= 4 is 50.9 Å². The van der Waals surface area contributed by atoms with Gasteiger partial charge in [-0.1, -0.05) is 57.5 Å². The fourth-order valence-corrected chi connectivity index (χ4v) is 11.6. The molecule has 0 spiro atoms. The van der Waals surface area contributed by atoms with Crippen LogP contribution in [0.3, 0.4) is 0 Å². The topological polar surface area (TPSA) is 174 Å². The highest BCUT2D eigenvalue weighted by atomic mass is 32.2. The number of carbonyl (C=O) groups is 5. The van der Waals surface area contributed by atoms with E-state index >= 15 is 0 Å². The van der Waals surface area contributed by atoms with Gasteiger partial charge in [-0.05, 0) is 77.8 Å². The molecule has 13 nitrogen and oxygen atoms in total. The van der Waals surface area contributed by atoms with E-state index in [1.165, 1.54) is 21.7 Å². The number of nitrogens with zero attached hydrogens (tertiary/aromatic N) is 2. The average molecular weight is 805 g/mol. The summed E-state index contributed by atoms with van der Waals surface area (Å²) in [7, 11) is -3.72. The highest BCUT2D eigenvalue weighted by Gasteiger charge is 2.52. The number of Topliss-reactive ketones (excluding diaryl/α,β-unsaturated/α-hetero) is 1. The molecule has 1 aromatic heterocycles. The molecular weight excluding hydrogens is 753 g/mol. The number of carbonyl (C=O) groups excluding carboxylic acids is 5. The Morgan fingerprint density at radius 2 is 1.77 bits per heavy atom. The standard InChI is InChI=1S/C41H52N6O7S2/c1-6-8-16-30(36(48)38(50)42-18-7-2)43-37(49)35-29-15-11-14-27(29)22-47(35)39(51)34(28-20-25-12-9-10-13-26(25)21-28)45-40(52)44-33(41(3,4)5)24-46-23-31-32(17-19-55-31)56(46,53)54/h1,7,9-10,12-13,17,19,27-30,33-35H,2,8,11,14-16,18,20-24H2,3-5H3,(H,42,50)(H,43,49)(H2,44,45,52)/t27-,29-,30?,33+,34-,35-/m0/s1. The molecule has 1 aromatic carbocycles. The van der Waals surface area contributed by atoms with Crippen LogP contribution < -0.4 is 21.3 Å². The number of ketones is 1. The monoisotopic (exact) mass is 804 g/mol. The molecule has 2 aliphatic heterocycles. The van der Waals surface area contributed by atoms with E-state index in [1.807, 2.05) is 45.0 Å². The maximum Gasteiger partial charge on any atom is 0.315 e. The summed E-state index contributed by atoms with van der Waals surface area (Å²) >= 11 is 1.38. The van der Waals surface area contributed by atoms with Crippen LogP contribution in [-0.2, 0) is 48.6 Å². The van der Waals surface area contributed by atoms with Crippen molar-refractivity contribution < 1.29 is 32.4 Å².